The molecule has 7 nitrogen and oxygen atoms in total. The second kappa shape index (κ2) is 8.11. The van der Waals surface area contributed by atoms with Crippen molar-refractivity contribution >= 4 is 39.7 Å². The molecule has 1 fully saturated rings. The van der Waals surface area contributed by atoms with Gasteiger partial charge in [-0.25, -0.2) is 4.98 Å². The minimum Gasteiger partial charge on any atom is -0.298 e. The van der Waals surface area contributed by atoms with Gasteiger partial charge in [0.25, 0.3) is 11.6 Å². The number of benzene rings is 1. The number of likely N-dealkylation sites (tertiary alicyclic amines) is 1. The molecule has 0 bridgehead atoms. The third-order valence-electron chi connectivity index (χ3n) is 4.44. The van der Waals surface area contributed by atoms with E-state index in [1.807, 2.05) is 5.38 Å². The van der Waals surface area contributed by atoms with E-state index < -0.39 is 10.8 Å². The topological polar surface area (TPSA) is 88.4 Å². The molecule has 0 saturated carbocycles. The van der Waals surface area contributed by atoms with Crippen molar-refractivity contribution in [2.45, 2.75) is 26.3 Å². The van der Waals surface area contributed by atoms with Crippen LogP contribution in [0.3, 0.4) is 0 Å². The smallest absolute Gasteiger partial charge is 0.283 e. The highest BCUT2D eigenvalue weighted by atomic mass is 35.5. The van der Waals surface area contributed by atoms with E-state index in [1.54, 1.807) is 0 Å². The van der Waals surface area contributed by atoms with Gasteiger partial charge in [0, 0.05) is 23.0 Å². The van der Waals surface area contributed by atoms with Crippen molar-refractivity contribution in [3.05, 3.63) is 50.0 Å². The molecule has 1 aliphatic heterocycles. The lowest BCUT2D eigenvalue weighted by atomic mass is 9.99. The molecule has 138 valence electrons. The Labute approximate surface area is 160 Å². The van der Waals surface area contributed by atoms with Crippen LogP contribution >= 0.6 is 22.9 Å². The number of nitro benzene ring substituents is 1. The highest BCUT2D eigenvalue weighted by Crippen LogP contribution is 2.25. The van der Waals surface area contributed by atoms with Gasteiger partial charge >= 0.3 is 0 Å². The number of nitrogens with zero attached hydrogens (tertiary/aromatic N) is 3. The van der Waals surface area contributed by atoms with E-state index in [0.717, 1.165) is 31.2 Å². The third kappa shape index (κ3) is 4.57. The zero-order chi connectivity index (χ0) is 18.7. The Morgan fingerprint density at radius 2 is 2.19 bits per heavy atom. The van der Waals surface area contributed by atoms with E-state index in [9.17, 15) is 14.9 Å². The summed E-state index contributed by atoms with van der Waals surface area (Å²) < 4.78 is 0. The minimum absolute atomic E-state index is 0.0406. The summed E-state index contributed by atoms with van der Waals surface area (Å²) in [6.45, 7) is 5.12. The quantitative estimate of drug-likeness (QED) is 0.606. The molecule has 26 heavy (non-hydrogen) atoms. The molecule has 1 amide bonds. The Balaban J connectivity index is 1.66. The molecule has 1 aliphatic rings. The number of halogens is 1. The van der Waals surface area contributed by atoms with Crippen LogP contribution in [0.4, 0.5) is 10.8 Å². The van der Waals surface area contributed by atoms with E-state index in [1.165, 1.54) is 42.4 Å². The van der Waals surface area contributed by atoms with Crippen molar-refractivity contribution in [1.29, 1.82) is 0 Å². The van der Waals surface area contributed by atoms with Crippen LogP contribution in [0.15, 0.2) is 23.6 Å². The maximum Gasteiger partial charge on any atom is 0.283 e. The number of carbonyl (C=O) groups is 1. The third-order valence-corrected chi connectivity index (χ3v) is 5.48. The number of piperidine rings is 1. The number of aromatic nitrogens is 1. The molecule has 0 atom stereocenters. The summed E-state index contributed by atoms with van der Waals surface area (Å²) in [5.74, 6) is 0.202. The van der Waals surface area contributed by atoms with Crippen molar-refractivity contribution in [1.82, 2.24) is 9.88 Å². The van der Waals surface area contributed by atoms with E-state index in [4.69, 9.17) is 11.6 Å². The molecule has 3 rings (SSSR count). The number of hydrogen-bond acceptors (Lipinski definition) is 6. The summed E-state index contributed by atoms with van der Waals surface area (Å²) in [5, 5.41) is 16.3. The molecule has 0 aliphatic carbocycles. The molecule has 0 unspecified atom stereocenters. The maximum absolute atomic E-state index is 12.4. The van der Waals surface area contributed by atoms with E-state index in [-0.39, 0.29) is 16.3 Å². The summed E-state index contributed by atoms with van der Waals surface area (Å²) in [5.41, 5.74) is 0.529. The van der Waals surface area contributed by atoms with Crippen LogP contribution in [0.25, 0.3) is 0 Å². The first-order valence-electron chi connectivity index (χ1n) is 8.34. The minimum atomic E-state index is -0.620. The zero-order valence-electron chi connectivity index (χ0n) is 14.3. The number of amides is 1. The second-order valence-electron chi connectivity index (χ2n) is 6.48. The summed E-state index contributed by atoms with van der Waals surface area (Å²) in [6.07, 6.45) is 2.38. The van der Waals surface area contributed by atoms with Gasteiger partial charge in [-0.2, -0.15) is 0 Å². The van der Waals surface area contributed by atoms with Crippen LogP contribution in [-0.4, -0.2) is 33.8 Å². The van der Waals surface area contributed by atoms with E-state index >= 15 is 0 Å². The fraction of sp³-hybridized carbons (Fsp3) is 0.412. The van der Waals surface area contributed by atoms with Gasteiger partial charge in [0.05, 0.1) is 10.6 Å². The van der Waals surface area contributed by atoms with Crippen LogP contribution in [0, 0.1) is 16.0 Å². The van der Waals surface area contributed by atoms with Crippen molar-refractivity contribution in [2.75, 3.05) is 18.4 Å². The first-order valence-corrected chi connectivity index (χ1v) is 9.60. The average Bonchev–Trinajstić information content (AvgIpc) is 3.03. The molecule has 9 heteroatoms. The van der Waals surface area contributed by atoms with Crippen molar-refractivity contribution in [2.24, 2.45) is 5.92 Å². The number of anilines is 1. The van der Waals surface area contributed by atoms with Crippen LogP contribution < -0.4 is 5.32 Å². The molecule has 0 radical (unpaired) electrons. The Morgan fingerprint density at radius 1 is 1.46 bits per heavy atom. The fourth-order valence-electron chi connectivity index (χ4n) is 2.90. The Morgan fingerprint density at radius 3 is 2.88 bits per heavy atom. The Bertz CT molecular complexity index is 818. The first kappa shape index (κ1) is 18.8. The van der Waals surface area contributed by atoms with Crippen molar-refractivity contribution in [3.63, 3.8) is 0 Å². The van der Waals surface area contributed by atoms with Gasteiger partial charge in [-0.15, -0.1) is 11.3 Å². The molecule has 1 saturated heterocycles. The van der Waals surface area contributed by atoms with Crippen molar-refractivity contribution < 1.29 is 9.72 Å². The molecule has 1 aromatic heterocycles. The van der Waals surface area contributed by atoms with Gasteiger partial charge in [0.2, 0.25) is 0 Å². The molecular formula is C17H19ClN4O3S. The predicted molar refractivity (Wildman–Crippen MR) is 102 cm³/mol. The normalized spacial score (nSPS) is 15.8. The van der Waals surface area contributed by atoms with Crippen molar-refractivity contribution in [3.8, 4) is 0 Å². The van der Waals surface area contributed by atoms with E-state index in [0.29, 0.717) is 5.13 Å². The average molecular weight is 395 g/mol. The zero-order valence-corrected chi connectivity index (χ0v) is 15.8. The molecule has 1 aromatic carbocycles. The van der Waals surface area contributed by atoms with Crippen LogP contribution in [0.5, 0.6) is 0 Å². The van der Waals surface area contributed by atoms with Gasteiger partial charge in [0.1, 0.15) is 5.56 Å². The molecule has 1 N–H and O–H groups in total. The fourth-order valence-corrected chi connectivity index (χ4v) is 3.76. The molecule has 2 heterocycles. The number of thiazole rings is 1. The predicted octanol–water partition coefficient (Wildman–Crippen LogP) is 4.19. The van der Waals surface area contributed by atoms with Gasteiger partial charge in [-0.3, -0.25) is 25.1 Å². The molecule has 0 spiro atoms. The monoisotopic (exact) mass is 394 g/mol. The van der Waals surface area contributed by atoms with Gasteiger partial charge in [-0.05, 0) is 44.0 Å². The van der Waals surface area contributed by atoms with E-state index in [2.05, 4.69) is 22.1 Å². The molecular weight excluding hydrogens is 376 g/mol. The number of rotatable bonds is 5. The highest BCUT2D eigenvalue weighted by molar-refractivity contribution is 7.14. The standard InChI is InChI=1S/C17H19ClN4O3S/c1-11-4-6-21(7-5-11)9-13-10-26-17(19-13)20-16(23)14-3-2-12(18)8-15(14)22(24)25/h2-3,8,10-11H,4-7,9H2,1H3,(H,19,20,23). The number of nitro groups is 1. The van der Waals surface area contributed by atoms with Gasteiger partial charge < -0.3 is 0 Å². The van der Waals surface area contributed by atoms with Crippen LogP contribution in [0.1, 0.15) is 35.8 Å². The molecule has 2 aromatic rings. The summed E-state index contributed by atoms with van der Waals surface area (Å²) in [7, 11) is 0. The number of carbonyl (C=O) groups excluding carboxylic acids is 1. The van der Waals surface area contributed by atoms with Gasteiger partial charge in [0.15, 0.2) is 5.13 Å². The highest BCUT2D eigenvalue weighted by Gasteiger charge is 2.22. The number of nitrogens with one attached hydrogen (secondary N) is 1. The SMILES string of the molecule is CC1CCN(Cc2csc(NC(=O)c3ccc(Cl)cc3[N+](=O)[O-])n2)CC1. The van der Waals surface area contributed by atoms with Crippen LogP contribution in [-0.2, 0) is 6.54 Å². The lowest BCUT2D eigenvalue weighted by Crippen LogP contribution is -2.32. The lowest BCUT2D eigenvalue weighted by molar-refractivity contribution is -0.385. The second-order valence-corrected chi connectivity index (χ2v) is 7.77. The largest absolute Gasteiger partial charge is 0.298 e. The first-order chi connectivity index (χ1) is 12.4. The van der Waals surface area contributed by atoms with Crippen LogP contribution in [0.2, 0.25) is 5.02 Å². The maximum atomic E-state index is 12.4. The Kier molecular flexibility index (Phi) is 5.85. The Hall–Kier alpha value is -2.03. The van der Waals surface area contributed by atoms with Gasteiger partial charge in [-0.1, -0.05) is 18.5 Å². The summed E-state index contributed by atoms with van der Waals surface area (Å²) >= 11 is 7.09. The number of hydrogen-bond donors (Lipinski definition) is 1. The summed E-state index contributed by atoms with van der Waals surface area (Å²) in [4.78, 5) is 29.7. The summed E-state index contributed by atoms with van der Waals surface area (Å²) in [6, 6.07) is 3.97. The lowest BCUT2D eigenvalue weighted by Gasteiger charge is -2.29.